The summed E-state index contributed by atoms with van der Waals surface area (Å²) in [7, 11) is 0. The molecule has 0 spiro atoms. The summed E-state index contributed by atoms with van der Waals surface area (Å²) in [5.41, 5.74) is 0. The minimum atomic E-state index is -2.61. The molecule has 82 valence electrons. The number of aromatic nitrogens is 2. The van der Waals surface area contributed by atoms with E-state index in [9.17, 15) is 13.2 Å². The van der Waals surface area contributed by atoms with Crippen LogP contribution in [-0.2, 0) is 0 Å². The van der Waals surface area contributed by atoms with Crippen molar-refractivity contribution in [3.63, 3.8) is 0 Å². The second kappa shape index (κ2) is 3.67. The fourth-order valence-corrected chi connectivity index (χ4v) is 1.69. The molecule has 2 rings (SSSR count). The Hall–Kier alpha value is -1.33. The van der Waals surface area contributed by atoms with Gasteiger partial charge in [0.1, 0.15) is 12.1 Å². The largest absolute Gasteiger partial charge is 0.367 e. The van der Waals surface area contributed by atoms with Crippen LogP contribution in [0.25, 0.3) is 0 Å². The fourth-order valence-electron chi connectivity index (χ4n) is 1.69. The topological polar surface area (TPSA) is 37.8 Å². The zero-order chi connectivity index (χ0) is 10.9. The van der Waals surface area contributed by atoms with Crippen LogP contribution in [0.2, 0.25) is 0 Å². The highest BCUT2D eigenvalue weighted by Gasteiger charge is 2.39. The molecular formula is C9H10F3N3. The summed E-state index contributed by atoms with van der Waals surface area (Å²) in [6, 6.07) is 0.755. The lowest BCUT2D eigenvalue weighted by molar-refractivity contribution is 0.00852. The van der Waals surface area contributed by atoms with E-state index in [4.69, 9.17) is 0 Å². The number of nitrogens with zero attached hydrogens (tertiary/aromatic N) is 2. The van der Waals surface area contributed by atoms with Gasteiger partial charge in [0.15, 0.2) is 0 Å². The molecule has 0 amide bonds. The van der Waals surface area contributed by atoms with Crippen molar-refractivity contribution >= 4 is 5.82 Å². The molecule has 3 nitrogen and oxygen atoms in total. The van der Waals surface area contributed by atoms with Gasteiger partial charge in [-0.25, -0.2) is 18.7 Å². The Labute approximate surface area is 84.7 Å². The highest BCUT2D eigenvalue weighted by molar-refractivity contribution is 5.34. The van der Waals surface area contributed by atoms with Gasteiger partial charge in [-0.1, -0.05) is 0 Å². The Balaban J connectivity index is 1.99. The van der Waals surface area contributed by atoms with E-state index in [1.807, 2.05) is 0 Å². The van der Waals surface area contributed by atoms with Gasteiger partial charge in [-0.15, -0.1) is 0 Å². The second-order valence-corrected chi connectivity index (χ2v) is 3.67. The van der Waals surface area contributed by atoms with E-state index in [0.29, 0.717) is 6.42 Å². The van der Waals surface area contributed by atoms with Gasteiger partial charge in [0.2, 0.25) is 11.9 Å². The minimum Gasteiger partial charge on any atom is -0.367 e. The number of halogens is 3. The predicted octanol–water partition coefficient (Wildman–Crippen LogP) is 2.22. The van der Waals surface area contributed by atoms with Crippen molar-refractivity contribution in [1.29, 1.82) is 0 Å². The number of hydrogen-bond acceptors (Lipinski definition) is 3. The summed E-state index contributed by atoms with van der Waals surface area (Å²) < 4.78 is 38.3. The van der Waals surface area contributed by atoms with Gasteiger partial charge in [-0.05, 0) is 6.42 Å². The quantitative estimate of drug-likeness (QED) is 0.772. The van der Waals surface area contributed by atoms with Gasteiger partial charge in [0.25, 0.3) is 0 Å². The summed E-state index contributed by atoms with van der Waals surface area (Å²) in [5, 5.41) is 2.77. The molecule has 1 aliphatic rings. The van der Waals surface area contributed by atoms with Crippen LogP contribution in [0, 0.1) is 5.95 Å². The lowest BCUT2D eigenvalue weighted by Crippen LogP contribution is -2.19. The van der Waals surface area contributed by atoms with Gasteiger partial charge in [-0.3, -0.25) is 0 Å². The lowest BCUT2D eigenvalue weighted by Gasteiger charge is -2.12. The summed E-state index contributed by atoms with van der Waals surface area (Å²) in [4.78, 5) is 7.02. The highest BCUT2D eigenvalue weighted by Crippen LogP contribution is 2.35. The Morgan fingerprint density at radius 1 is 1.40 bits per heavy atom. The van der Waals surface area contributed by atoms with Crippen molar-refractivity contribution < 1.29 is 13.2 Å². The van der Waals surface area contributed by atoms with E-state index in [1.165, 1.54) is 0 Å². The van der Waals surface area contributed by atoms with E-state index in [0.717, 1.165) is 12.4 Å². The number of hydrogen-bond donors (Lipinski definition) is 1. The second-order valence-electron chi connectivity index (χ2n) is 3.67. The SMILES string of the molecule is Fc1cc(NC2CCC(F)(F)C2)ncn1. The summed E-state index contributed by atoms with van der Waals surface area (Å²) in [6.45, 7) is 0. The Bertz CT molecular complexity index is 356. The van der Waals surface area contributed by atoms with E-state index >= 15 is 0 Å². The molecule has 0 aliphatic heterocycles. The van der Waals surface area contributed by atoms with Crippen LogP contribution in [0.15, 0.2) is 12.4 Å². The molecular weight excluding hydrogens is 207 g/mol. The lowest BCUT2D eigenvalue weighted by atomic mass is 10.2. The van der Waals surface area contributed by atoms with Crippen molar-refractivity contribution in [1.82, 2.24) is 9.97 Å². The molecule has 1 fully saturated rings. The van der Waals surface area contributed by atoms with Crippen LogP contribution in [0.5, 0.6) is 0 Å². The van der Waals surface area contributed by atoms with E-state index in [1.54, 1.807) is 0 Å². The average molecular weight is 217 g/mol. The Morgan fingerprint density at radius 2 is 2.20 bits per heavy atom. The molecule has 6 heteroatoms. The third-order valence-electron chi connectivity index (χ3n) is 2.39. The molecule has 1 unspecified atom stereocenters. The van der Waals surface area contributed by atoms with Crippen LogP contribution in [0.3, 0.4) is 0 Å². The molecule has 1 N–H and O–H groups in total. The molecule has 1 aromatic heterocycles. The van der Waals surface area contributed by atoms with E-state index in [2.05, 4.69) is 15.3 Å². The number of nitrogens with one attached hydrogen (secondary N) is 1. The number of alkyl halides is 2. The summed E-state index contributed by atoms with van der Waals surface area (Å²) in [5.74, 6) is -3.02. The number of anilines is 1. The van der Waals surface area contributed by atoms with Gasteiger partial charge in [-0.2, -0.15) is 4.39 Å². The summed E-state index contributed by atoms with van der Waals surface area (Å²) in [6.07, 6.45) is 1.08. The maximum Gasteiger partial charge on any atom is 0.250 e. The molecule has 0 saturated heterocycles. The van der Waals surface area contributed by atoms with Crippen LogP contribution >= 0.6 is 0 Å². The first-order valence-electron chi connectivity index (χ1n) is 4.67. The normalized spacial score (nSPS) is 24.1. The van der Waals surface area contributed by atoms with Crippen molar-refractivity contribution in [2.24, 2.45) is 0 Å². The van der Waals surface area contributed by atoms with Gasteiger partial charge in [0, 0.05) is 24.9 Å². The van der Waals surface area contributed by atoms with Gasteiger partial charge < -0.3 is 5.32 Å². The first-order valence-corrected chi connectivity index (χ1v) is 4.67. The van der Waals surface area contributed by atoms with Gasteiger partial charge >= 0.3 is 0 Å². The smallest absolute Gasteiger partial charge is 0.250 e. The molecule has 1 heterocycles. The maximum atomic E-state index is 12.8. The van der Waals surface area contributed by atoms with E-state index in [-0.39, 0.29) is 24.7 Å². The molecule has 1 aliphatic carbocycles. The van der Waals surface area contributed by atoms with Crippen molar-refractivity contribution in [2.75, 3.05) is 5.32 Å². The first kappa shape index (κ1) is 10.2. The standard InChI is InChI=1S/C9H10F3N3/c10-7-3-8(14-5-13-7)15-6-1-2-9(11,12)4-6/h3,5-6H,1-2,4H2,(H,13,14,15). The third-order valence-corrected chi connectivity index (χ3v) is 2.39. The zero-order valence-corrected chi connectivity index (χ0v) is 7.88. The van der Waals surface area contributed by atoms with Crippen molar-refractivity contribution in [3.8, 4) is 0 Å². The Kier molecular flexibility index (Phi) is 2.50. The van der Waals surface area contributed by atoms with Crippen LogP contribution in [-0.4, -0.2) is 21.9 Å². The van der Waals surface area contributed by atoms with Crippen LogP contribution < -0.4 is 5.32 Å². The monoisotopic (exact) mass is 217 g/mol. The zero-order valence-electron chi connectivity index (χ0n) is 7.88. The molecule has 0 bridgehead atoms. The first-order chi connectivity index (χ1) is 7.05. The third kappa shape index (κ3) is 2.57. The molecule has 0 aromatic carbocycles. The molecule has 1 atom stereocenters. The fraction of sp³-hybridized carbons (Fsp3) is 0.556. The van der Waals surface area contributed by atoms with Crippen LogP contribution in [0.1, 0.15) is 19.3 Å². The van der Waals surface area contributed by atoms with Crippen molar-refractivity contribution in [2.45, 2.75) is 31.2 Å². The predicted molar refractivity (Wildman–Crippen MR) is 48.2 cm³/mol. The van der Waals surface area contributed by atoms with E-state index < -0.39 is 11.9 Å². The maximum absolute atomic E-state index is 12.8. The highest BCUT2D eigenvalue weighted by atomic mass is 19.3. The number of rotatable bonds is 2. The average Bonchev–Trinajstić information content (AvgIpc) is 2.45. The summed E-state index contributed by atoms with van der Waals surface area (Å²) >= 11 is 0. The molecule has 1 saturated carbocycles. The van der Waals surface area contributed by atoms with Crippen LogP contribution in [0.4, 0.5) is 19.0 Å². The Morgan fingerprint density at radius 3 is 2.80 bits per heavy atom. The molecule has 0 radical (unpaired) electrons. The molecule has 1 aromatic rings. The molecule has 15 heavy (non-hydrogen) atoms. The minimum absolute atomic E-state index is 0.127. The van der Waals surface area contributed by atoms with Gasteiger partial charge in [0.05, 0.1) is 0 Å². The van der Waals surface area contributed by atoms with Crippen molar-refractivity contribution in [3.05, 3.63) is 18.3 Å².